The fourth-order valence-electron chi connectivity index (χ4n) is 2.26. The maximum Gasteiger partial charge on any atom is 0.248 e. The summed E-state index contributed by atoms with van der Waals surface area (Å²) in [6.07, 6.45) is 0.131. The molecule has 0 N–H and O–H groups in total. The van der Waals surface area contributed by atoms with Gasteiger partial charge in [0.25, 0.3) is 0 Å². The Kier molecular flexibility index (Phi) is 2.67. The van der Waals surface area contributed by atoms with Crippen molar-refractivity contribution in [3.05, 3.63) is 35.9 Å². The van der Waals surface area contributed by atoms with Gasteiger partial charge in [-0.05, 0) is 18.4 Å². The predicted molar refractivity (Wildman–Crippen MR) is 57.1 cm³/mol. The van der Waals surface area contributed by atoms with E-state index >= 15 is 0 Å². The van der Waals surface area contributed by atoms with Crippen LogP contribution in [-0.2, 0) is 5.41 Å². The molecule has 0 radical (unpaired) electrons. The summed E-state index contributed by atoms with van der Waals surface area (Å²) in [5.41, 5.74) is 0.163. The molecule has 0 atom stereocenters. The number of rotatable bonds is 1. The summed E-state index contributed by atoms with van der Waals surface area (Å²) in [4.78, 5) is 0. The van der Waals surface area contributed by atoms with Gasteiger partial charge in [-0.25, -0.2) is 8.78 Å². The summed E-state index contributed by atoms with van der Waals surface area (Å²) >= 11 is 0. The lowest BCUT2D eigenvalue weighted by molar-refractivity contribution is -0.0453. The van der Waals surface area contributed by atoms with Crippen LogP contribution in [0.1, 0.15) is 31.2 Å². The van der Waals surface area contributed by atoms with Crippen LogP contribution in [0.3, 0.4) is 0 Å². The van der Waals surface area contributed by atoms with Crippen LogP contribution in [-0.4, -0.2) is 5.92 Å². The molecule has 0 heterocycles. The van der Waals surface area contributed by atoms with E-state index in [0.29, 0.717) is 0 Å². The van der Waals surface area contributed by atoms with Crippen molar-refractivity contribution < 1.29 is 8.78 Å². The first-order valence-electron chi connectivity index (χ1n) is 5.43. The lowest BCUT2D eigenvalue weighted by Gasteiger charge is -2.35. The van der Waals surface area contributed by atoms with Crippen LogP contribution in [0.15, 0.2) is 30.3 Å². The molecule has 1 aromatic carbocycles. The number of nitrogens with zero attached hydrogens (tertiary/aromatic N) is 1. The number of hydrogen-bond acceptors (Lipinski definition) is 1. The van der Waals surface area contributed by atoms with E-state index in [1.54, 1.807) is 0 Å². The molecule has 2 rings (SSSR count). The van der Waals surface area contributed by atoms with Crippen molar-refractivity contribution in [3.8, 4) is 6.07 Å². The van der Waals surface area contributed by atoms with E-state index in [2.05, 4.69) is 6.07 Å². The van der Waals surface area contributed by atoms with Crippen molar-refractivity contribution in [3.63, 3.8) is 0 Å². The Hall–Kier alpha value is -1.43. The third kappa shape index (κ3) is 1.92. The molecule has 3 heteroatoms. The first-order chi connectivity index (χ1) is 7.58. The fourth-order valence-corrected chi connectivity index (χ4v) is 2.26. The van der Waals surface area contributed by atoms with E-state index in [1.807, 2.05) is 30.3 Å². The maximum atomic E-state index is 13.1. The molecule has 0 saturated heterocycles. The molecule has 0 spiro atoms. The molecule has 0 unspecified atom stereocenters. The van der Waals surface area contributed by atoms with Gasteiger partial charge in [0.1, 0.15) is 0 Å². The topological polar surface area (TPSA) is 23.8 Å². The monoisotopic (exact) mass is 221 g/mol. The lowest BCUT2D eigenvalue weighted by atomic mass is 9.69. The number of halogens is 2. The average Bonchev–Trinajstić information content (AvgIpc) is 2.31. The van der Waals surface area contributed by atoms with Crippen LogP contribution < -0.4 is 0 Å². The highest BCUT2D eigenvalue weighted by Gasteiger charge is 2.44. The van der Waals surface area contributed by atoms with Crippen LogP contribution >= 0.6 is 0 Å². The normalized spacial score (nSPS) is 22.3. The highest BCUT2D eigenvalue weighted by Crippen LogP contribution is 2.44. The molecule has 1 fully saturated rings. The van der Waals surface area contributed by atoms with Crippen molar-refractivity contribution in [2.75, 3.05) is 0 Å². The molecule has 84 valence electrons. The van der Waals surface area contributed by atoms with Gasteiger partial charge in [0, 0.05) is 12.8 Å². The van der Waals surface area contributed by atoms with E-state index in [-0.39, 0.29) is 25.7 Å². The zero-order valence-electron chi connectivity index (χ0n) is 8.92. The van der Waals surface area contributed by atoms with Crippen LogP contribution in [0, 0.1) is 11.3 Å². The Morgan fingerprint density at radius 1 is 1.00 bits per heavy atom. The zero-order chi connectivity index (χ0) is 11.6. The second-order valence-electron chi connectivity index (χ2n) is 4.42. The highest BCUT2D eigenvalue weighted by atomic mass is 19.3. The second-order valence-corrected chi connectivity index (χ2v) is 4.42. The van der Waals surface area contributed by atoms with Crippen molar-refractivity contribution >= 4 is 0 Å². The first-order valence-corrected chi connectivity index (χ1v) is 5.43. The summed E-state index contributed by atoms with van der Waals surface area (Å²) in [5.74, 6) is -2.59. The van der Waals surface area contributed by atoms with Gasteiger partial charge in [-0.15, -0.1) is 0 Å². The molecule has 0 aromatic heterocycles. The van der Waals surface area contributed by atoms with Crippen molar-refractivity contribution in [1.82, 2.24) is 0 Å². The second kappa shape index (κ2) is 3.86. The summed E-state index contributed by atoms with van der Waals surface area (Å²) in [7, 11) is 0. The van der Waals surface area contributed by atoms with Gasteiger partial charge in [-0.1, -0.05) is 30.3 Å². The Labute approximate surface area is 93.7 Å². The third-order valence-corrected chi connectivity index (χ3v) is 3.38. The Bertz CT molecular complexity index is 396. The van der Waals surface area contributed by atoms with Gasteiger partial charge < -0.3 is 0 Å². The van der Waals surface area contributed by atoms with Crippen molar-refractivity contribution in [2.45, 2.75) is 37.0 Å². The van der Waals surface area contributed by atoms with Crippen LogP contribution in [0.4, 0.5) is 8.78 Å². The summed E-state index contributed by atoms with van der Waals surface area (Å²) in [6.45, 7) is 0. The Balaban J connectivity index is 2.27. The lowest BCUT2D eigenvalue weighted by Crippen LogP contribution is -2.35. The molecule has 1 aromatic rings. The minimum absolute atomic E-state index is 0.185. The molecular formula is C13H13F2N. The van der Waals surface area contributed by atoms with Crippen LogP contribution in [0.2, 0.25) is 0 Å². The molecule has 16 heavy (non-hydrogen) atoms. The number of benzene rings is 1. The van der Waals surface area contributed by atoms with Gasteiger partial charge in [-0.3, -0.25) is 0 Å². The summed E-state index contributed by atoms with van der Waals surface area (Å²) in [5, 5.41) is 9.27. The van der Waals surface area contributed by atoms with E-state index in [9.17, 15) is 14.0 Å². The number of hydrogen-bond donors (Lipinski definition) is 0. The average molecular weight is 221 g/mol. The van der Waals surface area contributed by atoms with Crippen LogP contribution in [0.25, 0.3) is 0 Å². The smallest absolute Gasteiger partial charge is 0.207 e. The Morgan fingerprint density at radius 3 is 2.06 bits per heavy atom. The minimum Gasteiger partial charge on any atom is -0.207 e. The molecule has 0 amide bonds. The SMILES string of the molecule is N#CC1(c2ccccc2)CCC(F)(F)CC1. The van der Waals surface area contributed by atoms with Crippen LogP contribution in [0.5, 0.6) is 0 Å². The van der Waals surface area contributed by atoms with Crippen molar-refractivity contribution in [1.29, 1.82) is 5.26 Å². The molecular weight excluding hydrogens is 208 g/mol. The third-order valence-electron chi connectivity index (χ3n) is 3.38. The summed E-state index contributed by atoms with van der Waals surface area (Å²) in [6, 6.07) is 11.5. The first kappa shape index (κ1) is 11.1. The van der Waals surface area contributed by atoms with E-state index in [0.717, 1.165) is 5.56 Å². The minimum atomic E-state index is -2.59. The largest absolute Gasteiger partial charge is 0.248 e. The van der Waals surface area contributed by atoms with Gasteiger partial charge in [0.15, 0.2) is 0 Å². The van der Waals surface area contributed by atoms with Gasteiger partial charge in [0.2, 0.25) is 5.92 Å². The molecule has 1 saturated carbocycles. The number of nitriles is 1. The van der Waals surface area contributed by atoms with E-state index in [4.69, 9.17) is 0 Å². The maximum absolute atomic E-state index is 13.1. The fraction of sp³-hybridized carbons (Fsp3) is 0.462. The van der Waals surface area contributed by atoms with Crippen molar-refractivity contribution in [2.24, 2.45) is 0 Å². The number of alkyl halides is 2. The molecule has 1 nitrogen and oxygen atoms in total. The zero-order valence-corrected chi connectivity index (χ0v) is 8.92. The Morgan fingerprint density at radius 2 is 1.56 bits per heavy atom. The van der Waals surface area contributed by atoms with Gasteiger partial charge in [-0.2, -0.15) is 5.26 Å². The standard InChI is InChI=1S/C13H13F2N/c14-13(15)8-6-12(10-16,7-9-13)11-4-2-1-3-5-11/h1-5H,6-9H2. The van der Waals surface area contributed by atoms with Gasteiger partial charge >= 0.3 is 0 Å². The quantitative estimate of drug-likeness (QED) is 0.710. The van der Waals surface area contributed by atoms with E-state index < -0.39 is 11.3 Å². The molecule has 0 aliphatic heterocycles. The molecule has 1 aliphatic carbocycles. The molecule has 0 bridgehead atoms. The summed E-state index contributed by atoms with van der Waals surface area (Å²) < 4.78 is 26.2. The predicted octanol–water partition coefficient (Wildman–Crippen LogP) is 3.66. The van der Waals surface area contributed by atoms with E-state index in [1.165, 1.54) is 0 Å². The highest BCUT2D eigenvalue weighted by molar-refractivity contribution is 5.33. The molecule has 1 aliphatic rings. The van der Waals surface area contributed by atoms with Gasteiger partial charge in [0.05, 0.1) is 11.5 Å².